The maximum absolute atomic E-state index is 12.9. The van der Waals surface area contributed by atoms with E-state index >= 15 is 0 Å². The van der Waals surface area contributed by atoms with Crippen molar-refractivity contribution >= 4 is 5.91 Å². The number of piperazine rings is 1. The van der Waals surface area contributed by atoms with E-state index in [9.17, 15) is 4.79 Å². The quantitative estimate of drug-likeness (QED) is 0.893. The predicted octanol–water partition coefficient (Wildman–Crippen LogP) is 1.23. The molecule has 1 aromatic rings. The van der Waals surface area contributed by atoms with Crippen LogP contribution in [0.5, 0.6) is 11.5 Å². The van der Waals surface area contributed by atoms with E-state index in [1.165, 1.54) is 25.7 Å². The summed E-state index contributed by atoms with van der Waals surface area (Å²) in [5.74, 6) is 3.35. The number of methoxy groups -OCH3 is 2. The number of carbonyl (C=O) groups excluding carboxylic acids is 1. The monoisotopic (exact) mass is 345 g/mol. The number of quaternary nitrogens is 1. The Morgan fingerprint density at radius 1 is 1.04 bits per heavy atom. The summed E-state index contributed by atoms with van der Waals surface area (Å²) in [7, 11) is 3.22. The molecule has 1 aromatic carbocycles. The Balaban J connectivity index is 1.39. The van der Waals surface area contributed by atoms with Gasteiger partial charge in [-0.3, -0.25) is 4.79 Å². The molecule has 0 aromatic heterocycles. The highest BCUT2D eigenvalue weighted by Gasteiger charge is 2.45. The predicted molar refractivity (Wildman–Crippen MR) is 95.4 cm³/mol. The minimum Gasteiger partial charge on any atom is -0.497 e. The van der Waals surface area contributed by atoms with Crippen LogP contribution in [0.25, 0.3) is 0 Å². The summed E-state index contributed by atoms with van der Waals surface area (Å²) in [5, 5.41) is 0. The van der Waals surface area contributed by atoms with Crippen molar-refractivity contribution in [2.75, 3.05) is 40.4 Å². The molecule has 5 heteroatoms. The molecule has 0 radical (unpaired) electrons. The molecule has 1 aliphatic heterocycles. The van der Waals surface area contributed by atoms with Crippen molar-refractivity contribution in [3.63, 3.8) is 0 Å². The molecular formula is C20H29N2O3+. The molecule has 3 aliphatic rings. The number of rotatable bonds is 4. The molecule has 25 heavy (non-hydrogen) atoms. The number of benzene rings is 1. The summed E-state index contributed by atoms with van der Waals surface area (Å²) in [4.78, 5) is 16.6. The van der Waals surface area contributed by atoms with Crippen LogP contribution < -0.4 is 14.4 Å². The van der Waals surface area contributed by atoms with Crippen LogP contribution >= 0.6 is 0 Å². The summed E-state index contributed by atoms with van der Waals surface area (Å²) in [6.07, 6.45) is 5.77. The van der Waals surface area contributed by atoms with E-state index in [-0.39, 0.29) is 5.91 Å². The largest absolute Gasteiger partial charge is 0.497 e. The van der Waals surface area contributed by atoms with Crippen molar-refractivity contribution in [2.45, 2.75) is 31.7 Å². The van der Waals surface area contributed by atoms with Crippen LogP contribution in [0.3, 0.4) is 0 Å². The fraction of sp³-hybridized carbons (Fsp3) is 0.650. The zero-order chi connectivity index (χ0) is 17.4. The fourth-order valence-corrected chi connectivity index (χ4v) is 5.23. The van der Waals surface area contributed by atoms with Gasteiger partial charge >= 0.3 is 0 Å². The van der Waals surface area contributed by atoms with Gasteiger partial charge < -0.3 is 19.3 Å². The highest BCUT2D eigenvalue weighted by molar-refractivity contribution is 5.95. The molecule has 5 nitrogen and oxygen atoms in total. The van der Waals surface area contributed by atoms with Crippen LogP contribution in [-0.4, -0.2) is 57.2 Å². The van der Waals surface area contributed by atoms with E-state index < -0.39 is 0 Å². The van der Waals surface area contributed by atoms with Gasteiger partial charge in [-0.05, 0) is 37.3 Å². The van der Waals surface area contributed by atoms with Crippen molar-refractivity contribution in [3.05, 3.63) is 23.8 Å². The van der Waals surface area contributed by atoms with Crippen LogP contribution in [0.2, 0.25) is 0 Å². The van der Waals surface area contributed by atoms with Gasteiger partial charge in [0.15, 0.2) is 0 Å². The lowest BCUT2D eigenvalue weighted by atomic mass is 9.93. The Bertz CT molecular complexity index is 618. The van der Waals surface area contributed by atoms with Gasteiger partial charge in [-0.25, -0.2) is 0 Å². The average molecular weight is 345 g/mol. The molecule has 4 rings (SSSR count). The number of hydrogen-bond acceptors (Lipinski definition) is 3. The summed E-state index contributed by atoms with van der Waals surface area (Å²) in [6, 6.07) is 6.27. The van der Waals surface area contributed by atoms with E-state index in [4.69, 9.17) is 9.47 Å². The summed E-state index contributed by atoms with van der Waals surface area (Å²) < 4.78 is 10.6. The van der Waals surface area contributed by atoms with E-state index in [1.807, 2.05) is 4.90 Å². The van der Waals surface area contributed by atoms with Gasteiger partial charge in [0.1, 0.15) is 11.5 Å². The van der Waals surface area contributed by atoms with Crippen molar-refractivity contribution in [1.29, 1.82) is 0 Å². The van der Waals surface area contributed by atoms with Crippen LogP contribution in [-0.2, 0) is 0 Å². The number of nitrogens with zero attached hydrogens (tertiary/aromatic N) is 1. The van der Waals surface area contributed by atoms with Gasteiger partial charge in [-0.2, -0.15) is 0 Å². The molecule has 1 N–H and O–H groups in total. The second kappa shape index (κ2) is 6.87. The van der Waals surface area contributed by atoms with Gasteiger partial charge in [0.05, 0.1) is 46.4 Å². The Kier molecular flexibility index (Phi) is 4.59. The lowest BCUT2D eigenvalue weighted by Crippen LogP contribution is -3.18. The first-order valence-electron chi connectivity index (χ1n) is 9.55. The molecule has 3 atom stereocenters. The lowest BCUT2D eigenvalue weighted by molar-refractivity contribution is -0.932. The summed E-state index contributed by atoms with van der Waals surface area (Å²) >= 11 is 0. The molecule has 0 unspecified atom stereocenters. The highest BCUT2D eigenvalue weighted by atomic mass is 16.5. The number of carbonyl (C=O) groups is 1. The van der Waals surface area contributed by atoms with E-state index in [0.717, 1.165) is 44.1 Å². The molecular weight excluding hydrogens is 316 g/mol. The third-order valence-electron chi connectivity index (χ3n) is 6.55. The topological polar surface area (TPSA) is 43.2 Å². The summed E-state index contributed by atoms with van der Waals surface area (Å²) in [6.45, 7) is 3.87. The van der Waals surface area contributed by atoms with Gasteiger partial charge in [-0.1, -0.05) is 0 Å². The minimum absolute atomic E-state index is 0.0872. The van der Waals surface area contributed by atoms with Gasteiger partial charge in [0, 0.05) is 24.0 Å². The normalized spacial score (nSPS) is 29.0. The number of hydrogen-bond donors (Lipinski definition) is 1. The smallest absolute Gasteiger partial charge is 0.254 e. The third kappa shape index (κ3) is 3.22. The fourth-order valence-electron chi connectivity index (χ4n) is 5.23. The molecule has 1 amide bonds. The first-order chi connectivity index (χ1) is 12.2. The number of amides is 1. The van der Waals surface area contributed by atoms with Crippen LogP contribution in [0.4, 0.5) is 0 Å². The van der Waals surface area contributed by atoms with Crippen molar-refractivity contribution < 1.29 is 19.2 Å². The second-order valence-electron chi connectivity index (χ2n) is 7.83. The standard InChI is InChI=1S/C20H28N2O3/c1-24-17-11-16(12-18(13-17)25-2)20(23)22-7-5-21(6-8-22)19-10-14-3-4-15(19)9-14/h11-15,19H,3-10H2,1-2H3/p+1/t14-,15+,19-/m0/s1. The Labute approximate surface area is 149 Å². The van der Waals surface area contributed by atoms with Crippen molar-refractivity contribution in [3.8, 4) is 11.5 Å². The maximum Gasteiger partial charge on any atom is 0.254 e. The van der Waals surface area contributed by atoms with Crippen molar-refractivity contribution in [1.82, 2.24) is 4.90 Å². The Hall–Kier alpha value is -1.75. The molecule has 1 saturated heterocycles. The molecule has 136 valence electrons. The lowest BCUT2D eigenvalue weighted by Gasteiger charge is -2.38. The number of ether oxygens (including phenoxy) is 2. The molecule has 1 heterocycles. The van der Waals surface area contributed by atoms with Gasteiger partial charge in [0.2, 0.25) is 0 Å². The molecule has 0 spiro atoms. The molecule has 3 fully saturated rings. The highest BCUT2D eigenvalue weighted by Crippen LogP contribution is 2.43. The van der Waals surface area contributed by atoms with E-state index in [2.05, 4.69) is 0 Å². The van der Waals surface area contributed by atoms with E-state index in [1.54, 1.807) is 37.3 Å². The number of nitrogens with one attached hydrogen (secondary N) is 1. The molecule has 2 saturated carbocycles. The minimum atomic E-state index is 0.0872. The Morgan fingerprint density at radius 3 is 2.24 bits per heavy atom. The zero-order valence-electron chi connectivity index (χ0n) is 15.3. The molecule has 2 aliphatic carbocycles. The number of fused-ring (bicyclic) bond motifs is 2. The average Bonchev–Trinajstić information content (AvgIpc) is 3.30. The summed E-state index contributed by atoms with van der Waals surface area (Å²) in [5.41, 5.74) is 0.652. The van der Waals surface area contributed by atoms with Crippen LogP contribution in [0.1, 0.15) is 36.0 Å². The zero-order valence-corrected chi connectivity index (χ0v) is 15.3. The van der Waals surface area contributed by atoms with Gasteiger partial charge in [-0.15, -0.1) is 0 Å². The van der Waals surface area contributed by atoms with Crippen LogP contribution in [0, 0.1) is 11.8 Å². The van der Waals surface area contributed by atoms with Crippen LogP contribution in [0.15, 0.2) is 18.2 Å². The second-order valence-corrected chi connectivity index (χ2v) is 7.83. The SMILES string of the molecule is COc1cc(OC)cc(C(=O)N2CC[NH+]([C@H]3C[C@H]4CC[C@@H]3C4)CC2)c1. The first-order valence-corrected chi connectivity index (χ1v) is 9.55. The third-order valence-corrected chi connectivity index (χ3v) is 6.55. The Morgan fingerprint density at radius 2 is 1.72 bits per heavy atom. The van der Waals surface area contributed by atoms with Gasteiger partial charge in [0.25, 0.3) is 5.91 Å². The maximum atomic E-state index is 12.9. The first kappa shape index (κ1) is 16.7. The van der Waals surface area contributed by atoms with E-state index in [0.29, 0.717) is 17.1 Å². The van der Waals surface area contributed by atoms with Crippen molar-refractivity contribution in [2.24, 2.45) is 11.8 Å². The molecule has 2 bridgehead atoms.